The van der Waals surface area contributed by atoms with Gasteiger partial charge < -0.3 is 14.3 Å². The van der Waals surface area contributed by atoms with Gasteiger partial charge in [-0.15, -0.1) is 10.2 Å². The number of piperazine rings is 1. The van der Waals surface area contributed by atoms with E-state index in [9.17, 15) is 5.11 Å². The van der Waals surface area contributed by atoms with Crippen LogP contribution in [-0.2, 0) is 13.0 Å². The Morgan fingerprint density at radius 3 is 2.44 bits per heavy atom. The zero-order chi connectivity index (χ0) is 17.5. The second kappa shape index (κ2) is 8.94. The number of aliphatic hydroxyl groups excluding tert-OH is 1. The molecule has 1 fully saturated rings. The predicted molar refractivity (Wildman–Crippen MR) is 93.3 cm³/mol. The maximum atomic E-state index is 10.2. The number of nitrogens with zero attached hydrogens (tertiary/aromatic N) is 4. The lowest BCUT2D eigenvalue weighted by molar-refractivity contribution is 0.0429. The normalized spacial score (nSPS) is 17.5. The first-order chi connectivity index (χ1) is 12.2. The van der Waals surface area contributed by atoms with Crippen LogP contribution in [0, 0.1) is 0 Å². The van der Waals surface area contributed by atoms with Crippen molar-refractivity contribution in [1.82, 2.24) is 20.0 Å². The highest BCUT2D eigenvalue weighted by atomic mass is 16.5. The van der Waals surface area contributed by atoms with Crippen LogP contribution >= 0.6 is 0 Å². The van der Waals surface area contributed by atoms with Crippen molar-refractivity contribution in [3.8, 4) is 5.75 Å². The van der Waals surface area contributed by atoms with Crippen LogP contribution in [0.2, 0.25) is 0 Å². The molecule has 7 heteroatoms. The highest BCUT2D eigenvalue weighted by Crippen LogP contribution is 2.11. The standard InChI is InChI=1S/C18H26N4O3/c1-2-17-19-20-18(25-17)13-22-10-8-21(9-11-22)12-15(23)14-24-16-6-4-3-5-7-16/h3-7,15,23H,2,8-14H2,1H3/t15-/m1/s1. The van der Waals surface area contributed by atoms with Crippen LogP contribution in [0.5, 0.6) is 5.75 Å². The van der Waals surface area contributed by atoms with E-state index in [4.69, 9.17) is 9.15 Å². The fraction of sp³-hybridized carbons (Fsp3) is 0.556. The number of β-amino-alcohol motifs (C(OH)–C–C–N with tert-alkyl or cyclic N) is 1. The third kappa shape index (κ3) is 5.52. The summed E-state index contributed by atoms with van der Waals surface area (Å²) in [5, 5.41) is 18.3. The quantitative estimate of drug-likeness (QED) is 0.769. The zero-order valence-electron chi connectivity index (χ0n) is 14.7. The smallest absolute Gasteiger partial charge is 0.230 e. The number of rotatable bonds is 8. The van der Waals surface area contributed by atoms with Gasteiger partial charge >= 0.3 is 0 Å². The Balaban J connectivity index is 1.35. The molecule has 7 nitrogen and oxygen atoms in total. The molecule has 25 heavy (non-hydrogen) atoms. The molecule has 1 aromatic heterocycles. The first-order valence-electron chi connectivity index (χ1n) is 8.85. The fourth-order valence-electron chi connectivity index (χ4n) is 2.88. The lowest BCUT2D eigenvalue weighted by Gasteiger charge is -2.34. The van der Waals surface area contributed by atoms with E-state index in [2.05, 4.69) is 20.0 Å². The molecule has 3 rings (SSSR count). The van der Waals surface area contributed by atoms with Crippen molar-refractivity contribution in [1.29, 1.82) is 0 Å². The number of aryl methyl sites for hydroxylation is 1. The molecule has 1 atom stereocenters. The number of benzene rings is 1. The van der Waals surface area contributed by atoms with E-state index >= 15 is 0 Å². The van der Waals surface area contributed by atoms with Gasteiger partial charge in [0.1, 0.15) is 18.5 Å². The summed E-state index contributed by atoms with van der Waals surface area (Å²) < 4.78 is 11.2. The van der Waals surface area contributed by atoms with E-state index in [1.54, 1.807) is 0 Å². The Hall–Kier alpha value is -1.96. The number of hydrogen-bond acceptors (Lipinski definition) is 7. The first kappa shape index (κ1) is 17.8. The van der Waals surface area contributed by atoms with Gasteiger partial charge in [0.25, 0.3) is 0 Å². The van der Waals surface area contributed by atoms with Gasteiger partial charge in [0.15, 0.2) is 0 Å². The van der Waals surface area contributed by atoms with Gasteiger partial charge in [-0.1, -0.05) is 25.1 Å². The lowest BCUT2D eigenvalue weighted by atomic mass is 10.2. The van der Waals surface area contributed by atoms with Crippen molar-refractivity contribution in [3.63, 3.8) is 0 Å². The van der Waals surface area contributed by atoms with Crippen molar-refractivity contribution in [2.45, 2.75) is 26.0 Å². The van der Waals surface area contributed by atoms with Crippen LogP contribution < -0.4 is 4.74 Å². The SMILES string of the molecule is CCc1nnc(CN2CCN(C[C@@H](O)COc3ccccc3)CC2)o1. The van der Waals surface area contributed by atoms with Gasteiger partial charge in [-0.05, 0) is 12.1 Å². The van der Waals surface area contributed by atoms with Crippen LogP contribution in [0.3, 0.4) is 0 Å². The third-order valence-electron chi connectivity index (χ3n) is 4.29. The van der Waals surface area contributed by atoms with Crippen LogP contribution in [0.25, 0.3) is 0 Å². The van der Waals surface area contributed by atoms with Crippen molar-refractivity contribution in [2.24, 2.45) is 0 Å². The van der Waals surface area contributed by atoms with Crippen molar-refractivity contribution in [3.05, 3.63) is 42.1 Å². The summed E-state index contributed by atoms with van der Waals surface area (Å²) in [5.74, 6) is 2.16. The first-order valence-corrected chi connectivity index (χ1v) is 8.85. The van der Waals surface area contributed by atoms with Crippen LogP contribution in [0.4, 0.5) is 0 Å². The molecule has 0 spiro atoms. The van der Waals surface area contributed by atoms with Crippen LogP contribution in [0.1, 0.15) is 18.7 Å². The van der Waals surface area contributed by atoms with Crippen molar-refractivity contribution in [2.75, 3.05) is 39.3 Å². The summed E-state index contributed by atoms with van der Waals surface area (Å²) in [6.45, 7) is 7.32. The Morgan fingerprint density at radius 1 is 1.08 bits per heavy atom. The molecule has 0 amide bonds. The number of aromatic nitrogens is 2. The molecular weight excluding hydrogens is 320 g/mol. The summed E-state index contributed by atoms with van der Waals surface area (Å²) >= 11 is 0. The highest BCUT2D eigenvalue weighted by Gasteiger charge is 2.21. The molecule has 2 heterocycles. The summed E-state index contributed by atoms with van der Waals surface area (Å²) in [5.41, 5.74) is 0. The van der Waals surface area contributed by atoms with E-state index in [0.29, 0.717) is 31.5 Å². The van der Waals surface area contributed by atoms with E-state index < -0.39 is 6.10 Å². The van der Waals surface area contributed by atoms with Crippen LogP contribution in [0.15, 0.2) is 34.7 Å². The average molecular weight is 346 g/mol. The van der Waals surface area contributed by atoms with Gasteiger partial charge in [0, 0.05) is 39.1 Å². The summed E-state index contributed by atoms with van der Waals surface area (Å²) in [4.78, 5) is 4.57. The molecular formula is C18H26N4O3. The van der Waals surface area contributed by atoms with Gasteiger partial charge in [0.2, 0.25) is 11.8 Å². The highest BCUT2D eigenvalue weighted by molar-refractivity contribution is 5.20. The molecule has 0 aliphatic carbocycles. The van der Waals surface area contributed by atoms with E-state index in [0.717, 1.165) is 38.3 Å². The Kier molecular flexibility index (Phi) is 6.38. The van der Waals surface area contributed by atoms with Crippen molar-refractivity contribution >= 4 is 0 Å². The summed E-state index contributed by atoms with van der Waals surface area (Å²) in [6.07, 6.45) is 0.277. The molecule has 0 bridgehead atoms. The van der Waals surface area contributed by atoms with E-state index in [-0.39, 0.29) is 0 Å². The minimum Gasteiger partial charge on any atom is -0.491 e. The second-order valence-electron chi connectivity index (χ2n) is 6.30. The number of para-hydroxylation sites is 1. The van der Waals surface area contributed by atoms with E-state index in [1.807, 2.05) is 37.3 Å². The number of aliphatic hydroxyl groups is 1. The molecule has 1 aliphatic heterocycles. The third-order valence-corrected chi connectivity index (χ3v) is 4.29. The van der Waals surface area contributed by atoms with E-state index in [1.165, 1.54) is 0 Å². The van der Waals surface area contributed by atoms with Gasteiger partial charge in [-0.2, -0.15) is 0 Å². The molecule has 0 radical (unpaired) electrons. The minimum absolute atomic E-state index is 0.312. The molecule has 1 aromatic carbocycles. The summed E-state index contributed by atoms with van der Waals surface area (Å²) in [6, 6.07) is 9.58. The maximum absolute atomic E-state index is 10.2. The topological polar surface area (TPSA) is 74.9 Å². The number of hydrogen-bond donors (Lipinski definition) is 1. The molecule has 1 saturated heterocycles. The Labute approximate surface area is 148 Å². The predicted octanol–water partition coefficient (Wildman–Crippen LogP) is 1.19. The van der Waals surface area contributed by atoms with Crippen LogP contribution in [-0.4, -0.2) is 70.5 Å². The minimum atomic E-state index is -0.491. The molecule has 136 valence electrons. The van der Waals surface area contributed by atoms with Gasteiger partial charge in [0.05, 0.1) is 6.54 Å². The monoisotopic (exact) mass is 346 g/mol. The fourth-order valence-corrected chi connectivity index (χ4v) is 2.88. The lowest BCUT2D eigenvalue weighted by Crippen LogP contribution is -2.48. The second-order valence-corrected chi connectivity index (χ2v) is 6.30. The molecule has 1 aliphatic rings. The average Bonchev–Trinajstić information content (AvgIpc) is 3.10. The molecule has 0 unspecified atom stereocenters. The Morgan fingerprint density at radius 2 is 1.76 bits per heavy atom. The van der Waals surface area contributed by atoms with Crippen molar-refractivity contribution < 1.29 is 14.3 Å². The summed E-state index contributed by atoms with van der Waals surface area (Å²) in [7, 11) is 0. The number of ether oxygens (including phenoxy) is 1. The van der Waals surface area contributed by atoms with Gasteiger partial charge in [-0.3, -0.25) is 9.80 Å². The molecule has 2 aromatic rings. The largest absolute Gasteiger partial charge is 0.491 e. The Bertz CT molecular complexity index is 626. The maximum Gasteiger partial charge on any atom is 0.230 e. The molecule has 1 N–H and O–H groups in total. The molecule has 0 saturated carbocycles. The zero-order valence-corrected chi connectivity index (χ0v) is 14.7. The van der Waals surface area contributed by atoms with Gasteiger partial charge in [-0.25, -0.2) is 0 Å².